The van der Waals surface area contributed by atoms with Crippen LogP contribution >= 0.6 is 11.6 Å². The number of halogens is 1. The molecule has 1 fully saturated rings. The highest BCUT2D eigenvalue weighted by Crippen LogP contribution is 2.25. The highest BCUT2D eigenvalue weighted by molar-refractivity contribution is 6.30. The van der Waals surface area contributed by atoms with E-state index in [0.717, 1.165) is 11.1 Å². The number of hydrogen-bond donors (Lipinski definition) is 2. The van der Waals surface area contributed by atoms with Gasteiger partial charge >= 0.3 is 11.9 Å². The van der Waals surface area contributed by atoms with E-state index in [1.165, 1.54) is 4.90 Å². The van der Waals surface area contributed by atoms with Crippen LogP contribution in [0.1, 0.15) is 36.0 Å². The van der Waals surface area contributed by atoms with Crippen molar-refractivity contribution in [3.05, 3.63) is 89.4 Å². The van der Waals surface area contributed by atoms with E-state index in [2.05, 4.69) is 5.48 Å². The molecule has 0 saturated carbocycles. The Morgan fingerprint density at radius 2 is 1.55 bits per heavy atom. The van der Waals surface area contributed by atoms with Crippen molar-refractivity contribution in [2.24, 2.45) is 5.92 Å². The van der Waals surface area contributed by atoms with Crippen molar-refractivity contribution in [2.45, 2.75) is 31.7 Å². The summed E-state index contributed by atoms with van der Waals surface area (Å²) >= 11 is 5.93. The normalized spacial score (nSPS) is 15.5. The SMILES string of the molecule is O=C(CC(CC(=O)N1CCCC1C(=O)ONc1ccccc1)C(=O)O)c1ccc(-c2ccc(Cl)cc2)cc1. The molecule has 1 aliphatic heterocycles. The minimum Gasteiger partial charge on any atom is -0.481 e. The maximum atomic E-state index is 13.0. The molecule has 1 saturated heterocycles. The Bertz CT molecular complexity index is 1290. The first kappa shape index (κ1) is 26.9. The second-order valence-electron chi connectivity index (χ2n) is 9.09. The van der Waals surface area contributed by atoms with Crippen molar-refractivity contribution in [3.63, 3.8) is 0 Å². The van der Waals surface area contributed by atoms with Crippen LogP contribution in [0, 0.1) is 5.92 Å². The minimum atomic E-state index is -1.24. The Balaban J connectivity index is 1.35. The van der Waals surface area contributed by atoms with Gasteiger partial charge in [-0.25, -0.2) is 10.3 Å². The standard InChI is InChI=1S/C29H27ClN2O6/c30-23-14-12-20(13-15-23)19-8-10-21(11-9-19)26(33)17-22(28(35)36)18-27(34)32-16-4-7-25(32)29(37)38-31-24-5-2-1-3-6-24/h1-3,5-6,8-15,22,25,31H,4,7,16-18H2,(H,35,36). The number of anilines is 1. The first-order valence-electron chi connectivity index (χ1n) is 12.2. The topological polar surface area (TPSA) is 113 Å². The van der Waals surface area contributed by atoms with E-state index in [-0.39, 0.29) is 18.6 Å². The summed E-state index contributed by atoms with van der Waals surface area (Å²) in [5.74, 6) is -3.96. The number of para-hydroxylation sites is 1. The van der Waals surface area contributed by atoms with Gasteiger partial charge < -0.3 is 14.8 Å². The fourth-order valence-electron chi connectivity index (χ4n) is 4.40. The largest absolute Gasteiger partial charge is 0.481 e. The molecule has 0 aromatic heterocycles. The molecular weight excluding hydrogens is 508 g/mol. The first-order chi connectivity index (χ1) is 18.3. The molecule has 196 valence electrons. The van der Waals surface area contributed by atoms with Crippen molar-refractivity contribution in [1.82, 2.24) is 4.90 Å². The van der Waals surface area contributed by atoms with Crippen LogP contribution in [0.2, 0.25) is 5.02 Å². The number of likely N-dealkylation sites (tertiary alicyclic amines) is 1. The number of carboxylic acid groups (broad SMARTS) is 1. The fourth-order valence-corrected chi connectivity index (χ4v) is 4.53. The number of nitrogens with one attached hydrogen (secondary N) is 1. The molecule has 0 aliphatic carbocycles. The Labute approximate surface area is 225 Å². The van der Waals surface area contributed by atoms with Crippen molar-refractivity contribution in [2.75, 3.05) is 12.0 Å². The van der Waals surface area contributed by atoms with Gasteiger partial charge in [-0.1, -0.05) is 66.2 Å². The number of ketones is 1. The van der Waals surface area contributed by atoms with Gasteiger partial charge in [0.2, 0.25) is 5.91 Å². The summed E-state index contributed by atoms with van der Waals surface area (Å²) in [5.41, 5.74) is 5.33. The van der Waals surface area contributed by atoms with Crippen LogP contribution in [0.25, 0.3) is 11.1 Å². The summed E-state index contributed by atoms with van der Waals surface area (Å²) < 4.78 is 0. The number of carbonyl (C=O) groups excluding carboxylic acids is 3. The number of nitrogens with zero attached hydrogens (tertiary/aromatic N) is 1. The van der Waals surface area contributed by atoms with Crippen LogP contribution < -0.4 is 5.48 Å². The monoisotopic (exact) mass is 534 g/mol. The summed E-state index contributed by atoms with van der Waals surface area (Å²) in [6.45, 7) is 0.316. The van der Waals surface area contributed by atoms with Crippen molar-refractivity contribution >= 4 is 40.9 Å². The summed E-state index contributed by atoms with van der Waals surface area (Å²) in [7, 11) is 0. The Morgan fingerprint density at radius 3 is 2.18 bits per heavy atom. The lowest BCUT2D eigenvalue weighted by Gasteiger charge is -2.24. The number of amides is 1. The molecule has 2 unspecified atom stereocenters. The van der Waals surface area contributed by atoms with Crippen molar-refractivity contribution in [1.29, 1.82) is 0 Å². The Morgan fingerprint density at radius 1 is 0.921 bits per heavy atom. The van der Waals surface area contributed by atoms with Crippen LogP contribution in [-0.4, -0.2) is 46.2 Å². The second kappa shape index (κ2) is 12.4. The van der Waals surface area contributed by atoms with E-state index in [9.17, 15) is 24.3 Å². The van der Waals surface area contributed by atoms with Crippen LogP contribution in [0.5, 0.6) is 0 Å². The van der Waals surface area contributed by atoms with Crippen LogP contribution in [0.4, 0.5) is 5.69 Å². The van der Waals surface area contributed by atoms with Crippen molar-refractivity contribution < 1.29 is 29.1 Å². The zero-order valence-corrected chi connectivity index (χ0v) is 21.3. The lowest BCUT2D eigenvalue weighted by atomic mass is 9.94. The predicted molar refractivity (Wildman–Crippen MR) is 142 cm³/mol. The summed E-state index contributed by atoms with van der Waals surface area (Å²) in [6, 6.07) is 22.1. The van der Waals surface area contributed by atoms with E-state index in [0.29, 0.717) is 35.7 Å². The second-order valence-corrected chi connectivity index (χ2v) is 9.52. The van der Waals surface area contributed by atoms with Gasteiger partial charge in [0.1, 0.15) is 6.04 Å². The molecule has 2 N–H and O–H groups in total. The average Bonchev–Trinajstić information content (AvgIpc) is 3.43. The minimum absolute atomic E-state index is 0.316. The molecule has 0 spiro atoms. The van der Waals surface area contributed by atoms with Gasteiger partial charge in [0, 0.05) is 30.0 Å². The molecule has 0 radical (unpaired) electrons. The van der Waals surface area contributed by atoms with Gasteiger partial charge in [-0.3, -0.25) is 14.4 Å². The number of aliphatic carboxylic acids is 1. The molecule has 8 nitrogen and oxygen atoms in total. The third kappa shape index (κ3) is 6.77. The van der Waals surface area contributed by atoms with Crippen LogP contribution in [0.15, 0.2) is 78.9 Å². The Kier molecular flexibility index (Phi) is 8.76. The first-order valence-corrected chi connectivity index (χ1v) is 12.6. The van der Waals surface area contributed by atoms with Crippen LogP contribution in [-0.2, 0) is 19.2 Å². The summed E-state index contributed by atoms with van der Waals surface area (Å²) in [4.78, 5) is 56.9. The third-order valence-corrected chi connectivity index (χ3v) is 6.73. The number of rotatable bonds is 10. The maximum Gasteiger partial charge on any atom is 0.354 e. The molecule has 2 atom stereocenters. The van der Waals surface area contributed by atoms with E-state index >= 15 is 0 Å². The number of hydrogen-bond acceptors (Lipinski definition) is 6. The molecule has 1 amide bonds. The molecule has 3 aromatic rings. The number of benzene rings is 3. The van der Waals surface area contributed by atoms with E-state index in [1.807, 2.05) is 18.2 Å². The molecule has 38 heavy (non-hydrogen) atoms. The molecular formula is C29H27ClN2O6. The summed E-state index contributed by atoms with van der Waals surface area (Å²) in [5, 5.41) is 10.3. The number of carbonyl (C=O) groups is 4. The predicted octanol–water partition coefficient (Wildman–Crippen LogP) is 5.23. The highest BCUT2D eigenvalue weighted by Gasteiger charge is 2.37. The fraction of sp³-hybridized carbons (Fsp3) is 0.241. The van der Waals surface area contributed by atoms with Crippen molar-refractivity contribution in [3.8, 4) is 11.1 Å². The summed E-state index contributed by atoms with van der Waals surface area (Å²) in [6.07, 6.45) is 0.283. The lowest BCUT2D eigenvalue weighted by Crippen LogP contribution is -2.43. The van der Waals surface area contributed by atoms with E-state index in [1.54, 1.807) is 60.7 Å². The van der Waals surface area contributed by atoms with Gasteiger partial charge in [0.15, 0.2) is 5.78 Å². The van der Waals surface area contributed by atoms with Crippen LogP contribution in [0.3, 0.4) is 0 Å². The zero-order chi connectivity index (χ0) is 27.1. The molecule has 0 bridgehead atoms. The quantitative estimate of drug-likeness (QED) is 0.270. The van der Waals surface area contributed by atoms with Gasteiger partial charge in [-0.05, 0) is 48.2 Å². The third-order valence-electron chi connectivity index (χ3n) is 6.47. The highest BCUT2D eigenvalue weighted by atomic mass is 35.5. The van der Waals surface area contributed by atoms with Gasteiger partial charge in [0.25, 0.3) is 0 Å². The maximum absolute atomic E-state index is 13.0. The van der Waals surface area contributed by atoms with E-state index < -0.39 is 29.8 Å². The average molecular weight is 535 g/mol. The smallest absolute Gasteiger partial charge is 0.354 e. The number of Topliss-reactive ketones (excluding diaryl/α,β-unsaturated/α-hetero) is 1. The van der Waals surface area contributed by atoms with E-state index in [4.69, 9.17) is 16.4 Å². The van der Waals surface area contributed by atoms with Gasteiger partial charge in [-0.15, -0.1) is 0 Å². The number of carboxylic acids is 1. The molecule has 1 heterocycles. The molecule has 3 aromatic carbocycles. The molecule has 1 aliphatic rings. The van der Waals surface area contributed by atoms with Gasteiger partial charge in [-0.2, -0.15) is 0 Å². The zero-order valence-electron chi connectivity index (χ0n) is 20.5. The lowest BCUT2D eigenvalue weighted by molar-refractivity contribution is -0.152. The molecule has 4 rings (SSSR count). The Hall–Kier alpha value is -4.17. The van der Waals surface area contributed by atoms with Gasteiger partial charge in [0.05, 0.1) is 11.6 Å². The molecule has 9 heteroatoms.